The molecule has 1 aliphatic heterocycles. The van der Waals surface area contributed by atoms with Crippen LogP contribution in [0, 0.1) is 62.1 Å². The normalized spacial score (nSPS) is 37.5. The van der Waals surface area contributed by atoms with Crippen LogP contribution < -0.4 is 0 Å². The Morgan fingerprint density at radius 2 is 1.68 bits per heavy atom. The van der Waals surface area contributed by atoms with E-state index in [0.29, 0.717) is 36.5 Å². The molecule has 9 nitrogen and oxygen atoms in total. The van der Waals surface area contributed by atoms with Crippen LogP contribution in [-0.2, 0) is 23.9 Å². The van der Waals surface area contributed by atoms with Crippen molar-refractivity contribution in [3.63, 3.8) is 0 Å². The van der Waals surface area contributed by atoms with Gasteiger partial charge in [-0.05, 0) is 130 Å². The number of ether oxygens (including phenoxy) is 1. The van der Waals surface area contributed by atoms with Crippen LogP contribution in [0.4, 0.5) is 0 Å². The van der Waals surface area contributed by atoms with E-state index in [1.165, 1.54) is 5.57 Å². The molecule has 1 amide bonds. The van der Waals surface area contributed by atoms with Gasteiger partial charge in [0.2, 0.25) is 5.91 Å². The average molecular weight is 776 g/mol. The maximum Gasteiger partial charge on any atom is 0.309 e. The second-order valence-corrected chi connectivity index (χ2v) is 21.6. The lowest BCUT2D eigenvalue weighted by Crippen LogP contribution is -2.65. The van der Waals surface area contributed by atoms with E-state index >= 15 is 0 Å². The summed E-state index contributed by atoms with van der Waals surface area (Å²) >= 11 is 0. The number of amides is 1. The molecule has 0 radical (unpaired) electrons. The molecular weight excluding hydrogens is 703 g/mol. The Morgan fingerprint density at radius 3 is 2.30 bits per heavy atom. The fourth-order valence-electron chi connectivity index (χ4n) is 13.8. The zero-order valence-corrected chi connectivity index (χ0v) is 36.6. The highest BCUT2D eigenvalue weighted by Crippen LogP contribution is 2.77. The van der Waals surface area contributed by atoms with Crippen molar-refractivity contribution < 1.29 is 29.0 Å². The van der Waals surface area contributed by atoms with Gasteiger partial charge in [-0.15, -0.1) is 0 Å². The van der Waals surface area contributed by atoms with Crippen LogP contribution in [0.3, 0.4) is 0 Å². The fourth-order valence-corrected chi connectivity index (χ4v) is 13.8. The summed E-state index contributed by atoms with van der Waals surface area (Å²) in [6.07, 6.45) is 16.4. The van der Waals surface area contributed by atoms with Crippen molar-refractivity contribution in [1.29, 1.82) is 0 Å². The lowest BCUT2D eigenvalue weighted by molar-refractivity contribution is -0.233. The summed E-state index contributed by atoms with van der Waals surface area (Å²) < 4.78 is 6.20. The SMILES string of the molecule is CC(C)C1=C2C3CCC4[C@@]5(C)CC[C@H](OC(=O)CC(C)(C)C(=O)O)C(C)(C)C5CC[C@@]4(C)[C@]3(C)CC[C@@]2(CCN(CC(=O)N(C)C)CC2C=NC=CC2)CC1=O. The van der Waals surface area contributed by atoms with E-state index in [1.807, 2.05) is 26.5 Å². The van der Waals surface area contributed by atoms with Crippen molar-refractivity contribution in [3.8, 4) is 0 Å². The van der Waals surface area contributed by atoms with Gasteiger partial charge in [0, 0.05) is 56.2 Å². The van der Waals surface area contributed by atoms with Crippen molar-refractivity contribution in [2.75, 3.05) is 33.7 Å². The zero-order chi connectivity index (χ0) is 41.2. The molecule has 56 heavy (non-hydrogen) atoms. The van der Waals surface area contributed by atoms with Crippen LogP contribution in [0.25, 0.3) is 0 Å². The van der Waals surface area contributed by atoms with E-state index in [1.54, 1.807) is 18.7 Å². The predicted molar refractivity (Wildman–Crippen MR) is 221 cm³/mol. The van der Waals surface area contributed by atoms with Gasteiger partial charge in [0.25, 0.3) is 0 Å². The molecule has 1 heterocycles. The second-order valence-electron chi connectivity index (χ2n) is 21.6. The number of Topliss-reactive ketones (excluding diaryl/α,β-unsaturated/α-hetero) is 1. The molecule has 0 saturated heterocycles. The number of nitrogens with zero attached hydrogens (tertiary/aromatic N) is 3. The second kappa shape index (κ2) is 15.1. The van der Waals surface area contributed by atoms with Gasteiger partial charge in [-0.25, -0.2) is 0 Å². The van der Waals surface area contributed by atoms with Crippen molar-refractivity contribution in [2.45, 2.75) is 145 Å². The van der Waals surface area contributed by atoms with E-state index < -0.39 is 17.4 Å². The van der Waals surface area contributed by atoms with E-state index in [9.17, 15) is 24.3 Å². The van der Waals surface area contributed by atoms with Crippen LogP contribution >= 0.6 is 0 Å². The number of hydrogen-bond acceptors (Lipinski definition) is 7. The maximum absolute atomic E-state index is 14.3. The van der Waals surface area contributed by atoms with Gasteiger partial charge < -0.3 is 14.7 Å². The summed E-state index contributed by atoms with van der Waals surface area (Å²) in [5.41, 5.74) is 1.26. The van der Waals surface area contributed by atoms with Gasteiger partial charge in [-0.2, -0.15) is 0 Å². The summed E-state index contributed by atoms with van der Waals surface area (Å²) in [6, 6.07) is 0. The number of aliphatic carboxylic acids is 1. The van der Waals surface area contributed by atoms with Crippen LogP contribution in [0.5, 0.6) is 0 Å². The van der Waals surface area contributed by atoms with Crippen LogP contribution in [0.1, 0.15) is 139 Å². The first-order chi connectivity index (χ1) is 26.0. The van der Waals surface area contributed by atoms with E-state index in [0.717, 1.165) is 82.9 Å². The number of carboxylic acid groups (broad SMARTS) is 1. The van der Waals surface area contributed by atoms with Gasteiger partial charge in [0.15, 0.2) is 5.78 Å². The number of rotatable bonds is 12. The molecule has 6 rings (SSSR count). The van der Waals surface area contributed by atoms with Gasteiger partial charge >= 0.3 is 11.9 Å². The predicted octanol–water partition coefficient (Wildman–Crippen LogP) is 8.76. The lowest BCUT2D eigenvalue weighted by Gasteiger charge is -2.72. The summed E-state index contributed by atoms with van der Waals surface area (Å²) in [6.45, 7) is 21.9. The molecule has 9 heteroatoms. The largest absolute Gasteiger partial charge is 0.481 e. The molecule has 0 spiro atoms. The minimum absolute atomic E-state index is 0.0504. The Bertz CT molecular complexity index is 1670. The number of ketones is 1. The molecule has 9 atom stereocenters. The number of carbonyl (C=O) groups is 4. The number of carboxylic acids is 1. The third-order valence-electron chi connectivity index (χ3n) is 17.1. The third kappa shape index (κ3) is 7.16. The number of hydrogen-bond donors (Lipinski definition) is 1. The number of allylic oxidation sites excluding steroid dienone is 3. The number of aliphatic imine (C=N–C) groups is 1. The number of likely N-dealkylation sites (N-methyl/N-ethyl adjacent to an activating group) is 1. The average Bonchev–Trinajstić information content (AvgIpc) is 3.41. The quantitative estimate of drug-likeness (QED) is 0.197. The van der Waals surface area contributed by atoms with Gasteiger partial charge in [0.1, 0.15) is 6.10 Å². The van der Waals surface area contributed by atoms with Crippen LogP contribution in [0.2, 0.25) is 0 Å². The van der Waals surface area contributed by atoms with Gasteiger partial charge in [-0.3, -0.25) is 29.1 Å². The van der Waals surface area contributed by atoms with Crippen molar-refractivity contribution in [3.05, 3.63) is 23.4 Å². The molecule has 4 unspecified atom stereocenters. The summed E-state index contributed by atoms with van der Waals surface area (Å²) in [4.78, 5) is 60.7. The smallest absolute Gasteiger partial charge is 0.309 e. The minimum atomic E-state index is -1.16. The van der Waals surface area contributed by atoms with Crippen molar-refractivity contribution in [1.82, 2.24) is 9.80 Å². The highest BCUT2D eigenvalue weighted by molar-refractivity contribution is 6.00. The Kier molecular flexibility index (Phi) is 11.5. The maximum atomic E-state index is 14.3. The highest BCUT2D eigenvalue weighted by Gasteiger charge is 2.70. The Labute approximate surface area is 337 Å². The highest BCUT2D eigenvalue weighted by atomic mass is 16.5. The molecule has 1 N–H and O–H groups in total. The molecule has 4 saturated carbocycles. The molecular formula is C47H73N3O6. The molecule has 0 aromatic rings. The summed E-state index contributed by atoms with van der Waals surface area (Å²) in [7, 11) is 3.66. The first kappa shape index (κ1) is 42.8. The summed E-state index contributed by atoms with van der Waals surface area (Å²) in [5, 5.41) is 9.64. The third-order valence-corrected chi connectivity index (χ3v) is 17.1. The summed E-state index contributed by atoms with van der Waals surface area (Å²) in [5.74, 6) is 0.772. The molecule has 0 bridgehead atoms. The van der Waals surface area contributed by atoms with E-state index in [2.05, 4.69) is 64.4 Å². The number of carbonyl (C=O) groups excluding carboxylic acids is 3. The topological polar surface area (TPSA) is 117 Å². The van der Waals surface area contributed by atoms with Gasteiger partial charge in [-0.1, -0.05) is 60.1 Å². The molecule has 312 valence electrons. The van der Waals surface area contributed by atoms with E-state index in [4.69, 9.17) is 4.74 Å². The Hall–Kier alpha value is -2.81. The Morgan fingerprint density at radius 1 is 0.964 bits per heavy atom. The lowest BCUT2D eigenvalue weighted by atomic mass is 9.33. The Balaban J connectivity index is 1.26. The number of esters is 1. The fraction of sp³-hybridized carbons (Fsp3) is 0.809. The van der Waals surface area contributed by atoms with Crippen molar-refractivity contribution >= 4 is 29.8 Å². The first-order valence-corrected chi connectivity index (χ1v) is 21.8. The monoisotopic (exact) mass is 776 g/mol. The molecule has 6 aliphatic rings. The molecule has 0 aromatic heterocycles. The molecule has 0 aromatic carbocycles. The van der Waals surface area contributed by atoms with Crippen LogP contribution in [-0.4, -0.2) is 84.6 Å². The van der Waals surface area contributed by atoms with E-state index in [-0.39, 0.29) is 57.3 Å². The zero-order valence-electron chi connectivity index (χ0n) is 36.6. The molecule has 4 fully saturated rings. The van der Waals surface area contributed by atoms with Gasteiger partial charge in [0.05, 0.1) is 18.4 Å². The first-order valence-electron chi connectivity index (χ1n) is 21.8. The van der Waals surface area contributed by atoms with Crippen LogP contribution in [0.15, 0.2) is 28.4 Å². The molecule has 5 aliphatic carbocycles. The number of fused-ring (bicyclic) bond motifs is 7. The standard InChI is InChI=1S/C47H73N3O6/c1-30(2)39-33(51)25-47(22-24-50(29-37(52)49(10)11)28-31-13-12-23-48-27-31)21-20-45(8)32(40(39)47)14-15-35-44(7)18-17-36(56-38(53)26-42(3,4)41(54)55)43(5,6)34(44)16-19-46(35,45)9/h12,23,27,30-32,34-36H,13-22,24-26,28-29H2,1-11H3,(H,54,55)/t31?,32?,34?,35?,36-,44-,45+,46+,47+/m0/s1. The van der Waals surface area contributed by atoms with Crippen molar-refractivity contribution in [2.24, 2.45) is 67.1 Å². The minimum Gasteiger partial charge on any atom is -0.481 e.